The van der Waals surface area contributed by atoms with Crippen molar-refractivity contribution in [3.05, 3.63) is 54.6 Å². The second-order valence-corrected chi connectivity index (χ2v) is 5.46. The van der Waals surface area contributed by atoms with Crippen LogP contribution in [0.25, 0.3) is 0 Å². The Kier molecular flexibility index (Phi) is 4.28. The van der Waals surface area contributed by atoms with Gasteiger partial charge in [0.1, 0.15) is 5.75 Å². The van der Waals surface area contributed by atoms with E-state index in [-0.39, 0.29) is 24.2 Å². The minimum absolute atomic E-state index is 0.0259. The number of nitrogens with zero attached hydrogens (tertiary/aromatic N) is 1. The van der Waals surface area contributed by atoms with Gasteiger partial charge in [-0.2, -0.15) is 0 Å². The Morgan fingerprint density at radius 3 is 2.70 bits per heavy atom. The molecule has 1 atom stereocenters. The van der Waals surface area contributed by atoms with Gasteiger partial charge in [0.2, 0.25) is 11.8 Å². The molecule has 1 aliphatic rings. The molecule has 0 unspecified atom stereocenters. The lowest BCUT2D eigenvalue weighted by Crippen LogP contribution is -2.28. The summed E-state index contributed by atoms with van der Waals surface area (Å²) in [5, 5.41) is 2.85. The van der Waals surface area contributed by atoms with Crippen LogP contribution in [0.15, 0.2) is 54.6 Å². The summed E-state index contributed by atoms with van der Waals surface area (Å²) >= 11 is 0. The van der Waals surface area contributed by atoms with E-state index in [0.717, 1.165) is 5.69 Å². The van der Waals surface area contributed by atoms with Gasteiger partial charge in [0.25, 0.3) is 0 Å². The number of benzene rings is 2. The molecule has 1 aliphatic heterocycles. The predicted octanol–water partition coefficient (Wildman–Crippen LogP) is 2.69. The van der Waals surface area contributed by atoms with Crippen molar-refractivity contribution in [2.45, 2.75) is 6.42 Å². The minimum atomic E-state index is -0.353. The lowest BCUT2D eigenvalue weighted by Gasteiger charge is -2.16. The highest BCUT2D eigenvalue weighted by Crippen LogP contribution is 2.26. The molecule has 2 aromatic rings. The normalized spacial score (nSPS) is 17.2. The molecule has 118 valence electrons. The standard InChI is InChI=1S/C18H18N2O3/c1-23-16-9-5-6-14(11-16)19-18(22)13-10-17(21)20(12-13)15-7-3-2-4-8-15/h2-9,11,13H,10,12H2,1H3,(H,19,22)/t13-/m0/s1. The summed E-state index contributed by atoms with van der Waals surface area (Å²) in [7, 11) is 1.58. The van der Waals surface area contributed by atoms with E-state index in [9.17, 15) is 9.59 Å². The van der Waals surface area contributed by atoms with Crippen LogP contribution in [-0.2, 0) is 9.59 Å². The molecule has 0 aliphatic carbocycles. The summed E-state index contributed by atoms with van der Waals surface area (Å²) in [5.41, 5.74) is 1.49. The first-order valence-corrected chi connectivity index (χ1v) is 7.47. The van der Waals surface area contributed by atoms with Crippen LogP contribution in [0, 0.1) is 5.92 Å². The predicted molar refractivity (Wildman–Crippen MR) is 88.5 cm³/mol. The highest BCUT2D eigenvalue weighted by atomic mass is 16.5. The molecule has 2 amide bonds. The van der Waals surface area contributed by atoms with Crippen LogP contribution in [0.5, 0.6) is 5.75 Å². The molecule has 3 rings (SSSR count). The number of carbonyl (C=O) groups is 2. The Hall–Kier alpha value is -2.82. The number of hydrogen-bond donors (Lipinski definition) is 1. The van der Waals surface area contributed by atoms with Gasteiger partial charge in [0.15, 0.2) is 0 Å². The van der Waals surface area contributed by atoms with Gasteiger partial charge in [0, 0.05) is 30.4 Å². The Morgan fingerprint density at radius 2 is 1.96 bits per heavy atom. The van der Waals surface area contributed by atoms with Crippen molar-refractivity contribution in [3.63, 3.8) is 0 Å². The first-order chi connectivity index (χ1) is 11.2. The molecule has 23 heavy (non-hydrogen) atoms. The van der Waals surface area contributed by atoms with Crippen molar-refractivity contribution in [2.24, 2.45) is 5.92 Å². The van der Waals surface area contributed by atoms with Gasteiger partial charge < -0.3 is 15.0 Å². The lowest BCUT2D eigenvalue weighted by atomic mass is 10.1. The number of nitrogens with one attached hydrogen (secondary N) is 1. The molecule has 0 radical (unpaired) electrons. The van der Waals surface area contributed by atoms with Crippen LogP contribution >= 0.6 is 0 Å². The third kappa shape index (κ3) is 3.34. The van der Waals surface area contributed by atoms with Crippen molar-refractivity contribution in [1.29, 1.82) is 0 Å². The highest BCUT2D eigenvalue weighted by molar-refractivity contribution is 6.03. The van der Waals surface area contributed by atoms with Crippen molar-refractivity contribution in [3.8, 4) is 5.75 Å². The van der Waals surface area contributed by atoms with E-state index >= 15 is 0 Å². The summed E-state index contributed by atoms with van der Waals surface area (Å²) < 4.78 is 5.14. The van der Waals surface area contributed by atoms with E-state index in [1.165, 1.54) is 0 Å². The zero-order chi connectivity index (χ0) is 16.2. The fraction of sp³-hybridized carbons (Fsp3) is 0.222. The van der Waals surface area contributed by atoms with Gasteiger partial charge in [-0.25, -0.2) is 0 Å². The monoisotopic (exact) mass is 310 g/mol. The zero-order valence-electron chi connectivity index (χ0n) is 12.9. The number of amides is 2. The summed E-state index contributed by atoms with van der Waals surface area (Å²) in [5.74, 6) is 0.150. The molecule has 0 bridgehead atoms. The summed E-state index contributed by atoms with van der Waals surface area (Å²) in [4.78, 5) is 26.2. The SMILES string of the molecule is COc1cccc(NC(=O)[C@H]2CC(=O)N(c3ccccc3)C2)c1. The molecule has 1 saturated heterocycles. The van der Waals surface area contributed by atoms with Gasteiger partial charge >= 0.3 is 0 Å². The Balaban J connectivity index is 1.68. The van der Waals surface area contributed by atoms with Gasteiger partial charge in [-0.05, 0) is 24.3 Å². The van der Waals surface area contributed by atoms with Gasteiger partial charge in [-0.3, -0.25) is 9.59 Å². The number of methoxy groups -OCH3 is 1. The maximum absolute atomic E-state index is 12.4. The minimum Gasteiger partial charge on any atom is -0.497 e. The topological polar surface area (TPSA) is 58.6 Å². The smallest absolute Gasteiger partial charge is 0.229 e. The summed E-state index contributed by atoms with van der Waals surface area (Å²) in [6.07, 6.45) is 0.227. The largest absolute Gasteiger partial charge is 0.497 e. The fourth-order valence-corrected chi connectivity index (χ4v) is 2.69. The van der Waals surface area contributed by atoms with Gasteiger partial charge in [-0.1, -0.05) is 24.3 Å². The van der Waals surface area contributed by atoms with Crippen molar-refractivity contribution in [1.82, 2.24) is 0 Å². The van der Waals surface area contributed by atoms with Crippen LogP contribution in [0.3, 0.4) is 0 Å². The van der Waals surface area contributed by atoms with E-state index in [1.807, 2.05) is 42.5 Å². The maximum Gasteiger partial charge on any atom is 0.229 e. The lowest BCUT2D eigenvalue weighted by molar-refractivity contribution is -0.122. The van der Waals surface area contributed by atoms with Crippen LogP contribution < -0.4 is 15.0 Å². The molecule has 2 aromatic carbocycles. The molecule has 5 heteroatoms. The number of anilines is 2. The molecule has 0 saturated carbocycles. The number of para-hydroxylation sites is 1. The van der Waals surface area contributed by atoms with Gasteiger partial charge in [-0.15, -0.1) is 0 Å². The second kappa shape index (κ2) is 6.52. The number of carbonyl (C=O) groups excluding carboxylic acids is 2. The Labute approximate surface area is 134 Å². The van der Waals surface area contributed by atoms with Gasteiger partial charge in [0.05, 0.1) is 13.0 Å². The first-order valence-electron chi connectivity index (χ1n) is 7.47. The van der Waals surface area contributed by atoms with Crippen molar-refractivity contribution in [2.75, 3.05) is 23.9 Å². The average Bonchev–Trinajstić information content (AvgIpc) is 2.98. The van der Waals surface area contributed by atoms with Crippen LogP contribution in [0.2, 0.25) is 0 Å². The Morgan fingerprint density at radius 1 is 1.17 bits per heavy atom. The van der Waals surface area contributed by atoms with Crippen molar-refractivity contribution < 1.29 is 14.3 Å². The fourth-order valence-electron chi connectivity index (χ4n) is 2.69. The maximum atomic E-state index is 12.4. The molecule has 5 nitrogen and oxygen atoms in total. The molecular weight excluding hydrogens is 292 g/mol. The summed E-state index contributed by atoms with van der Waals surface area (Å²) in [6, 6.07) is 16.6. The quantitative estimate of drug-likeness (QED) is 0.944. The first kappa shape index (κ1) is 15.1. The Bertz CT molecular complexity index is 715. The second-order valence-electron chi connectivity index (χ2n) is 5.46. The molecule has 1 heterocycles. The molecule has 0 spiro atoms. The van der Waals surface area contributed by atoms with Crippen LogP contribution in [0.4, 0.5) is 11.4 Å². The average molecular weight is 310 g/mol. The van der Waals surface area contributed by atoms with E-state index < -0.39 is 0 Å². The number of hydrogen-bond acceptors (Lipinski definition) is 3. The van der Waals surface area contributed by atoms with Crippen LogP contribution in [0.1, 0.15) is 6.42 Å². The van der Waals surface area contributed by atoms with E-state index in [0.29, 0.717) is 18.0 Å². The van der Waals surface area contributed by atoms with E-state index in [1.54, 1.807) is 24.1 Å². The van der Waals surface area contributed by atoms with E-state index in [2.05, 4.69) is 5.32 Å². The molecule has 1 N–H and O–H groups in total. The van der Waals surface area contributed by atoms with Crippen LogP contribution in [-0.4, -0.2) is 25.5 Å². The van der Waals surface area contributed by atoms with Crippen molar-refractivity contribution >= 4 is 23.2 Å². The third-order valence-corrected chi connectivity index (χ3v) is 3.90. The highest BCUT2D eigenvalue weighted by Gasteiger charge is 2.35. The zero-order valence-corrected chi connectivity index (χ0v) is 12.9. The number of ether oxygens (including phenoxy) is 1. The summed E-state index contributed by atoms with van der Waals surface area (Å²) in [6.45, 7) is 0.401. The van der Waals surface area contributed by atoms with E-state index in [4.69, 9.17) is 4.74 Å². The molecule has 0 aromatic heterocycles. The third-order valence-electron chi connectivity index (χ3n) is 3.90. The molecular formula is C18H18N2O3. The molecule has 1 fully saturated rings. The number of rotatable bonds is 4.